The third-order valence-corrected chi connectivity index (χ3v) is 6.08. The summed E-state index contributed by atoms with van der Waals surface area (Å²) in [6.45, 7) is 15.0. The fraction of sp³-hybridized carbons (Fsp3) is 0.720. The highest BCUT2D eigenvalue weighted by Crippen LogP contribution is 2.11. The van der Waals surface area contributed by atoms with Crippen LogP contribution in [0.1, 0.15) is 61.5 Å². The minimum atomic E-state index is -0.256. The van der Waals surface area contributed by atoms with Crippen LogP contribution in [-0.2, 0) is 9.47 Å². The van der Waals surface area contributed by atoms with Gasteiger partial charge in [0.1, 0.15) is 11.4 Å². The molecule has 0 aliphatic carbocycles. The Morgan fingerprint density at radius 1 is 0.794 bits per heavy atom. The van der Waals surface area contributed by atoms with Crippen molar-refractivity contribution in [3.63, 3.8) is 0 Å². The second kappa shape index (κ2) is 13.1. The molecule has 0 saturated carbocycles. The Kier molecular flexibility index (Phi) is 10.2. The van der Waals surface area contributed by atoms with Crippen LogP contribution in [0.4, 0.5) is 0 Å². The number of morpholine rings is 2. The second-order valence-corrected chi connectivity index (χ2v) is 9.66. The maximum Gasteiger partial charge on any atom is 0.269 e. The lowest BCUT2D eigenvalue weighted by atomic mass is 10.2. The lowest BCUT2D eigenvalue weighted by molar-refractivity contribution is -0.0681. The van der Waals surface area contributed by atoms with Crippen LogP contribution in [0.5, 0.6) is 0 Å². The summed E-state index contributed by atoms with van der Waals surface area (Å²) in [5, 5.41) is 5.83. The van der Waals surface area contributed by atoms with Crippen LogP contribution in [-0.4, -0.2) is 103 Å². The van der Waals surface area contributed by atoms with E-state index in [0.29, 0.717) is 13.1 Å². The summed E-state index contributed by atoms with van der Waals surface area (Å²) in [7, 11) is 0. The van der Waals surface area contributed by atoms with Crippen molar-refractivity contribution in [2.75, 3.05) is 52.4 Å². The van der Waals surface area contributed by atoms with Crippen molar-refractivity contribution in [2.45, 2.75) is 65.0 Å². The zero-order valence-corrected chi connectivity index (χ0v) is 21.1. The Hall–Kier alpha value is -2.07. The van der Waals surface area contributed by atoms with Crippen molar-refractivity contribution in [3.8, 4) is 0 Å². The first-order valence-corrected chi connectivity index (χ1v) is 12.6. The average Bonchev–Trinajstić information content (AvgIpc) is 2.78. The summed E-state index contributed by atoms with van der Waals surface area (Å²) >= 11 is 0. The minimum absolute atomic E-state index is 0.239. The van der Waals surface area contributed by atoms with E-state index in [1.165, 1.54) is 0 Å². The predicted octanol–water partition coefficient (Wildman–Crippen LogP) is 1.54. The highest BCUT2D eigenvalue weighted by atomic mass is 16.5. The molecule has 2 fully saturated rings. The summed E-state index contributed by atoms with van der Waals surface area (Å²) in [6.07, 6.45) is 2.66. The molecule has 1 aromatic heterocycles. The van der Waals surface area contributed by atoms with E-state index in [2.05, 4.69) is 53.1 Å². The first kappa shape index (κ1) is 26.5. The van der Waals surface area contributed by atoms with Crippen molar-refractivity contribution in [2.24, 2.45) is 0 Å². The molecule has 4 unspecified atom stereocenters. The minimum Gasteiger partial charge on any atom is -0.373 e. The van der Waals surface area contributed by atoms with E-state index < -0.39 is 0 Å². The van der Waals surface area contributed by atoms with Crippen molar-refractivity contribution in [3.05, 3.63) is 29.6 Å². The number of nitrogens with zero attached hydrogens (tertiary/aromatic N) is 3. The highest BCUT2D eigenvalue weighted by molar-refractivity contribution is 5.96. The molecule has 9 nitrogen and oxygen atoms in total. The van der Waals surface area contributed by atoms with Crippen LogP contribution in [0.15, 0.2) is 18.2 Å². The molecule has 1 aromatic rings. The van der Waals surface area contributed by atoms with Gasteiger partial charge in [-0.1, -0.05) is 6.07 Å². The molecule has 0 aromatic carbocycles. The first-order chi connectivity index (χ1) is 16.3. The number of carbonyl (C=O) groups excluding carboxylic acids is 2. The number of pyridine rings is 1. The number of hydrogen-bond acceptors (Lipinski definition) is 7. The topological polar surface area (TPSA) is 96.0 Å². The van der Waals surface area contributed by atoms with Gasteiger partial charge < -0.3 is 20.1 Å². The standard InChI is InChI=1S/C25H41N5O4/c1-18-14-29(15-19(2)33-18)12-6-10-26-24(31)22-8-5-9-23(28-22)25(32)27-11-7-13-30-16-20(3)34-21(4)17-30/h5,8-9,18-21H,6-7,10-17H2,1-4H3,(H,26,31)(H,27,32). The molecule has 0 radical (unpaired) electrons. The normalized spacial score (nSPS) is 26.2. The van der Waals surface area contributed by atoms with Gasteiger partial charge in [-0.3, -0.25) is 19.4 Å². The fourth-order valence-electron chi connectivity index (χ4n) is 4.81. The molecular weight excluding hydrogens is 434 g/mol. The third kappa shape index (κ3) is 8.61. The Morgan fingerprint density at radius 2 is 1.18 bits per heavy atom. The Bertz CT molecular complexity index is 726. The van der Waals surface area contributed by atoms with Crippen LogP contribution >= 0.6 is 0 Å². The zero-order chi connectivity index (χ0) is 24.5. The van der Waals surface area contributed by atoms with Crippen LogP contribution < -0.4 is 10.6 Å². The summed E-state index contributed by atoms with van der Waals surface area (Å²) in [5.41, 5.74) is 0.523. The molecule has 0 bridgehead atoms. The van der Waals surface area contributed by atoms with Crippen LogP contribution in [0.25, 0.3) is 0 Å². The van der Waals surface area contributed by atoms with Gasteiger partial charge in [-0.2, -0.15) is 0 Å². The number of aromatic nitrogens is 1. The molecule has 3 heterocycles. The number of ether oxygens (including phenoxy) is 2. The lowest BCUT2D eigenvalue weighted by Gasteiger charge is -2.35. The van der Waals surface area contributed by atoms with E-state index in [0.717, 1.165) is 52.1 Å². The molecular formula is C25H41N5O4. The highest BCUT2D eigenvalue weighted by Gasteiger charge is 2.22. The molecule has 2 amide bonds. The van der Waals surface area contributed by atoms with E-state index in [9.17, 15) is 9.59 Å². The van der Waals surface area contributed by atoms with E-state index in [1.54, 1.807) is 18.2 Å². The van der Waals surface area contributed by atoms with E-state index in [4.69, 9.17) is 9.47 Å². The summed E-state index contributed by atoms with van der Waals surface area (Å²) in [6, 6.07) is 4.97. The molecule has 3 rings (SSSR count). The average molecular weight is 476 g/mol. The molecule has 9 heteroatoms. The van der Waals surface area contributed by atoms with Crippen molar-refractivity contribution in [1.82, 2.24) is 25.4 Å². The van der Waals surface area contributed by atoms with Crippen molar-refractivity contribution >= 4 is 11.8 Å². The third-order valence-electron chi connectivity index (χ3n) is 6.08. The Morgan fingerprint density at radius 3 is 1.56 bits per heavy atom. The number of amides is 2. The van der Waals surface area contributed by atoms with Gasteiger partial charge >= 0.3 is 0 Å². The molecule has 2 N–H and O–H groups in total. The molecule has 2 saturated heterocycles. The van der Waals surface area contributed by atoms with Gasteiger partial charge in [0.15, 0.2) is 0 Å². The number of nitrogens with one attached hydrogen (secondary N) is 2. The zero-order valence-electron chi connectivity index (χ0n) is 21.1. The van der Waals surface area contributed by atoms with Crippen molar-refractivity contribution < 1.29 is 19.1 Å². The van der Waals surface area contributed by atoms with Gasteiger partial charge in [0.05, 0.1) is 24.4 Å². The SMILES string of the molecule is CC1CN(CCCNC(=O)c2cccc(C(=O)NCCCN3CC(C)OC(C)C3)n2)CC(C)O1. The van der Waals surface area contributed by atoms with Crippen LogP contribution in [0.2, 0.25) is 0 Å². The first-order valence-electron chi connectivity index (χ1n) is 12.6. The molecule has 2 aliphatic rings. The maximum atomic E-state index is 12.5. The second-order valence-electron chi connectivity index (χ2n) is 9.66. The van der Waals surface area contributed by atoms with Gasteiger partial charge in [0.2, 0.25) is 0 Å². The summed E-state index contributed by atoms with van der Waals surface area (Å²) in [4.78, 5) is 34.0. The monoisotopic (exact) mass is 475 g/mol. The molecule has 34 heavy (non-hydrogen) atoms. The van der Waals surface area contributed by atoms with E-state index >= 15 is 0 Å². The predicted molar refractivity (Wildman–Crippen MR) is 131 cm³/mol. The molecule has 2 aliphatic heterocycles. The number of carbonyl (C=O) groups is 2. The number of rotatable bonds is 10. The Labute approximate surface area is 203 Å². The van der Waals surface area contributed by atoms with E-state index in [1.807, 2.05) is 0 Å². The Balaban J connectivity index is 1.35. The smallest absolute Gasteiger partial charge is 0.269 e. The van der Waals surface area contributed by atoms with Gasteiger partial charge in [0.25, 0.3) is 11.8 Å². The quantitative estimate of drug-likeness (QED) is 0.496. The van der Waals surface area contributed by atoms with E-state index in [-0.39, 0.29) is 47.6 Å². The van der Waals surface area contributed by atoms with Gasteiger partial charge in [-0.25, -0.2) is 4.98 Å². The number of hydrogen-bond donors (Lipinski definition) is 2. The van der Waals surface area contributed by atoms with Crippen LogP contribution in [0.3, 0.4) is 0 Å². The summed E-state index contributed by atoms with van der Waals surface area (Å²) in [5.74, 6) is -0.511. The molecule has 190 valence electrons. The largest absolute Gasteiger partial charge is 0.373 e. The van der Waals surface area contributed by atoms with Crippen LogP contribution in [0, 0.1) is 0 Å². The maximum absolute atomic E-state index is 12.5. The summed E-state index contributed by atoms with van der Waals surface area (Å²) < 4.78 is 11.5. The fourth-order valence-corrected chi connectivity index (χ4v) is 4.81. The molecule has 4 atom stereocenters. The van der Waals surface area contributed by atoms with Gasteiger partial charge in [0, 0.05) is 52.4 Å². The van der Waals surface area contributed by atoms with Gasteiger partial charge in [-0.15, -0.1) is 0 Å². The lowest BCUT2D eigenvalue weighted by Crippen LogP contribution is -2.46. The van der Waals surface area contributed by atoms with Gasteiger partial charge in [-0.05, 0) is 52.7 Å². The van der Waals surface area contributed by atoms with Crippen molar-refractivity contribution in [1.29, 1.82) is 0 Å². The molecule has 0 spiro atoms.